The zero-order chi connectivity index (χ0) is 26.0. The number of carbonyl (C=O) groups is 2. The molecule has 37 heavy (non-hydrogen) atoms. The Balaban J connectivity index is 1.57. The van der Waals surface area contributed by atoms with Gasteiger partial charge in [-0.15, -0.1) is 11.8 Å². The van der Waals surface area contributed by atoms with Crippen molar-refractivity contribution in [2.24, 2.45) is 0 Å². The Morgan fingerprint density at radius 2 is 1.62 bits per heavy atom. The first-order valence-corrected chi connectivity index (χ1v) is 14.5. The molecule has 2 amide bonds. The molecule has 1 N–H and O–H groups in total. The third-order valence-electron chi connectivity index (χ3n) is 7.15. The number of aryl methyl sites for hydroxylation is 2. The molecule has 1 atom stereocenters. The van der Waals surface area contributed by atoms with E-state index in [9.17, 15) is 9.59 Å². The summed E-state index contributed by atoms with van der Waals surface area (Å²) in [6, 6.07) is 26.2. The van der Waals surface area contributed by atoms with E-state index in [1.54, 1.807) is 11.8 Å². The van der Waals surface area contributed by atoms with Crippen LogP contribution in [-0.4, -0.2) is 34.6 Å². The van der Waals surface area contributed by atoms with E-state index in [1.165, 1.54) is 11.1 Å². The number of hydrogen-bond donors (Lipinski definition) is 1. The molecule has 0 heterocycles. The average molecular weight is 515 g/mol. The molecule has 4 rings (SSSR count). The molecule has 4 nitrogen and oxygen atoms in total. The normalized spacial score (nSPS) is 14.3. The van der Waals surface area contributed by atoms with Gasteiger partial charge in [0.25, 0.3) is 0 Å². The first kappa shape index (κ1) is 27.0. The van der Waals surface area contributed by atoms with Gasteiger partial charge in [-0.2, -0.15) is 0 Å². The first-order chi connectivity index (χ1) is 18.0. The quantitative estimate of drug-likeness (QED) is 0.330. The molecular formula is C32H38N2O2S. The van der Waals surface area contributed by atoms with Crippen LogP contribution in [0.25, 0.3) is 0 Å². The van der Waals surface area contributed by atoms with Gasteiger partial charge in [0.05, 0.1) is 5.75 Å². The third kappa shape index (κ3) is 7.96. The fourth-order valence-electron chi connectivity index (χ4n) is 5.03. The smallest absolute Gasteiger partial charge is 0.243 e. The topological polar surface area (TPSA) is 49.4 Å². The summed E-state index contributed by atoms with van der Waals surface area (Å²) in [5, 5.41) is 3.28. The maximum absolute atomic E-state index is 13.8. The largest absolute Gasteiger partial charge is 0.352 e. The van der Waals surface area contributed by atoms with E-state index in [0.29, 0.717) is 18.7 Å². The van der Waals surface area contributed by atoms with Gasteiger partial charge in [0, 0.05) is 24.8 Å². The molecule has 1 fully saturated rings. The maximum Gasteiger partial charge on any atom is 0.243 e. The lowest BCUT2D eigenvalue weighted by Gasteiger charge is -2.32. The van der Waals surface area contributed by atoms with Gasteiger partial charge in [-0.3, -0.25) is 9.59 Å². The van der Waals surface area contributed by atoms with Crippen molar-refractivity contribution in [2.45, 2.75) is 70.3 Å². The molecule has 1 aliphatic rings. The van der Waals surface area contributed by atoms with E-state index >= 15 is 0 Å². The lowest BCUT2D eigenvalue weighted by molar-refractivity contribution is -0.139. The minimum absolute atomic E-state index is 0.00240. The van der Waals surface area contributed by atoms with Crippen LogP contribution in [-0.2, 0) is 28.3 Å². The first-order valence-electron chi connectivity index (χ1n) is 13.3. The number of benzene rings is 3. The molecular weight excluding hydrogens is 476 g/mol. The molecule has 0 radical (unpaired) electrons. The van der Waals surface area contributed by atoms with Crippen molar-refractivity contribution in [2.75, 3.05) is 5.75 Å². The molecule has 5 heteroatoms. The standard InChI is InChI=1S/C32H38N2O2S/c1-24-11-10-15-27(19-24)21-34(31(35)23-37-22-28-16-7-6-12-25(28)2)30(20-26-13-4-3-5-14-26)32(36)33-29-17-8-9-18-29/h3-7,10-16,19,29-30H,8-9,17-18,20-23H2,1-2H3,(H,33,36)/t30-/m1/s1. The fraction of sp³-hybridized carbons (Fsp3) is 0.375. The van der Waals surface area contributed by atoms with Crippen molar-refractivity contribution in [1.82, 2.24) is 10.2 Å². The Kier molecular flexibility index (Phi) is 9.84. The Hall–Kier alpha value is -3.05. The van der Waals surface area contributed by atoms with Gasteiger partial charge < -0.3 is 10.2 Å². The molecule has 3 aromatic rings. The van der Waals surface area contributed by atoms with Crippen molar-refractivity contribution in [3.05, 3.63) is 107 Å². The van der Waals surface area contributed by atoms with Crippen LogP contribution in [0.4, 0.5) is 0 Å². The highest BCUT2D eigenvalue weighted by Crippen LogP contribution is 2.22. The highest BCUT2D eigenvalue weighted by atomic mass is 32.2. The van der Waals surface area contributed by atoms with Gasteiger partial charge in [-0.1, -0.05) is 97.3 Å². The molecule has 1 aliphatic carbocycles. The minimum atomic E-state index is -0.560. The number of carbonyl (C=O) groups excluding carboxylic acids is 2. The summed E-state index contributed by atoms with van der Waals surface area (Å²) in [5.74, 6) is 1.07. The number of thioether (sulfide) groups is 1. The lowest BCUT2D eigenvalue weighted by atomic mass is 10.0. The molecule has 0 spiro atoms. The fourth-order valence-corrected chi connectivity index (χ4v) is 6.02. The summed E-state index contributed by atoms with van der Waals surface area (Å²) >= 11 is 1.62. The van der Waals surface area contributed by atoms with Crippen LogP contribution < -0.4 is 5.32 Å². The molecule has 3 aromatic carbocycles. The van der Waals surface area contributed by atoms with Crippen LogP contribution in [0.15, 0.2) is 78.9 Å². The van der Waals surface area contributed by atoms with Crippen molar-refractivity contribution < 1.29 is 9.59 Å². The van der Waals surface area contributed by atoms with Crippen molar-refractivity contribution in [1.29, 1.82) is 0 Å². The zero-order valence-corrected chi connectivity index (χ0v) is 22.8. The maximum atomic E-state index is 13.8. The second kappa shape index (κ2) is 13.5. The number of rotatable bonds is 11. The summed E-state index contributed by atoms with van der Waals surface area (Å²) in [7, 11) is 0. The second-order valence-corrected chi connectivity index (χ2v) is 11.1. The SMILES string of the molecule is Cc1cccc(CN(C(=O)CSCc2ccccc2C)[C@H](Cc2ccccc2)C(=O)NC2CCCC2)c1. The lowest BCUT2D eigenvalue weighted by Crippen LogP contribution is -2.52. The summed E-state index contributed by atoms with van der Waals surface area (Å²) in [6.45, 7) is 4.58. The molecule has 0 bridgehead atoms. The van der Waals surface area contributed by atoms with Crippen LogP contribution in [0.3, 0.4) is 0 Å². The molecule has 1 saturated carbocycles. The van der Waals surface area contributed by atoms with E-state index < -0.39 is 6.04 Å². The number of nitrogens with one attached hydrogen (secondary N) is 1. The Morgan fingerprint density at radius 1 is 0.919 bits per heavy atom. The summed E-state index contributed by atoms with van der Waals surface area (Å²) in [5.41, 5.74) is 5.73. The average Bonchev–Trinajstić information content (AvgIpc) is 3.41. The van der Waals surface area contributed by atoms with Gasteiger partial charge in [-0.25, -0.2) is 0 Å². The number of hydrogen-bond acceptors (Lipinski definition) is 3. The van der Waals surface area contributed by atoms with E-state index in [0.717, 1.165) is 48.1 Å². The minimum Gasteiger partial charge on any atom is -0.352 e. The Labute approximate surface area is 225 Å². The van der Waals surface area contributed by atoms with Gasteiger partial charge in [0.1, 0.15) is 6.04 Å². The van der Waals surface area contributed by atoms with Crippen molar-refractivity contribution in [3.8, 4) is 0 Å². The van der Waals surface area contributed by atoms with Gasteiger partial charge in [-0.05, 0) is 48.9 Å². The van der Waals surface area contributed by atoms with Gasteiger partial charge in [0.2, 0.25) is 11.8 Å². The number of nitrogens with zero attached hydrogens (tertiary/aromatic N) is 1. The van der Waals surface area contributed by atoms with E-state index in [4.69, 9.17) is 0 Å². The molecule has 0 aliphatic heterocycles. The summed E-state index contributed by atoms with van der Waals surface area (Å²) in [6.07, 6.45) is 4.83. The molecule has 194 valence electrons. The van der Waals surface area contributed by atoms with E-state index in [-0.39, 0.29) is 17.9 Å². The Morgan fingerprint density at radius 3 is 2.35 bits per heavy atom. The van der Waals surface area contributed by atoms with Crippen LogP contribution in [0, 0.1) is 13.8 Å². The molecule has 0 saturated heterocycles. The summed E-state index contributed by atoms with van der Waals surface area (Å²) in [4.78, 5) is 29.4. The van der Waals surface area contributed by atoms with E-state index in [1.807, 2.05) is 59.5 Å². The predicted molar refractivity (Wildman–Crippen MR) is 153 cm³/mol. The van der Waals surface area contributed by atoms with Crippen LogP contribution in [0.2, 0.25) is 0 Å². The number of amides is 2. The Bertz CT molecular complexity index is 1170. The second-order valence-electron chi connectivity index (χ2n) is 10.1. The highest BCUT2D eigenvalue weighted by Gasteiger charge is 2.32. The van der Waals surface area contributed by atoms with Crippen LogP contribution >= 0.6 is 11.8 Å². The van der Waals surface area contributed by atoms with Crippen LogP contribution in [0.5, 0.6) is 0 Å². The van der Waals surface area contributed by atoms with Crippen molar-refractivity contribution in [3.63, 3.8) is 0 Å². The molecule has 0 aromatic heterocycles. The monoisotopic (exact) mass is 514 g/mol. The predicted octanol–water partition coefficient (Wildman–Crippen LogP) is 6.24. The molecule has 0 unspecified atom stereocenters. The van der Waals surface area contributed by atoms with Crippen molar-refractivity contribution >= 4 is 23.6 Å². The summed E-state index contributed by atoms with van der Waals surface area (Å²) < 4.78 is 0. The van der Waals surface area contributed by atoms with Crippen LogP contribution in [0.1, 0.15) is 53.5 Å². The highest BCUT2D eigenvalue weighted by molar-refractivity contribution is 7.99. The zero-order valence-electron chi connectivity index (χ0n) is 22.0. The van der Waals surface area contributed by atoms with Gasteiger partial charge >= 0.3 is 0 Å². The van der Waals surface area contributed by atoms with Gasteiger partial charge in [0.15, 0.2) is 0 Å². The third-order valence-corrected chi connectivity index (χ3v) is 8.12. The van der Waals surface area contributed by atoms with E-state index in [2.05, 4.69) is 43.4 Å².